The molecule has 124 valence electrons. The van der Waals surface area contributed by atoms with Gasteiger partial charge in [0.25, 0.3) is 11.6 Å². The molecule has 0 aliphatic heterocycles. The van der Waals surface area contributed by atoms with Gasteiger partial charge in [0.1, 0.15) is 11.4 Å². The number of nitro groups is 1. The number of halogens is 1. The number of para-hydroxylation sites is 1. The second kappa shape index (κ2) is 7.82. The highest BCUT2D eigenvalue weighted by atomic mass is 19.1. The summed E-state index contributed by atoms with van der Waals surface area (Å²) in [6, 6.07) is 11.5. The smallest absolute Gasteiger partial charge is 0.285 e. The lowest BCUT2D eigenvalue weighted by molar-refractivity contribution is -0.385. The van der Waals surface area contributed by atoms with Gasteiger partial charge >= 0.3 is 0 Å². The van der Waals surface area contributed by atoms with Crippen molar-refractivity contribution in [2.45, 2.75) is 6.42 Å². The van der Waals surface area contributed by atoms with Crippen molar-refractivity contribution >= 4 is 23.2 Å². The lowest BCUT2D eigenvalue weighted by Gasteiger charge is -2.07. The first-order valence-corrected chi connectivity index (χ1v) is 7.04. The summed E-state index contributed by atoms with van der Waals surface area (Å²) in [5.41, 5.74) is -0.255. The van der Waals surface area contributed by atoms with E-state index in [4.69, 9.17) is 0 Å². The first-order valence-electron chi connectivity index (χ1n) is 7.04. The van der Waals surface area contributed by atoms with E-state index in [1.165, 1.54) is 0 Å². The molecule has 7 nitrogen and oxygen atoms in total. The van der Waals surface area contributed by atoms with Crippen molar-refractivity contribution in [3.05, 3.63) is 70.0 Å². The molecule has 0 aliphatic rings. The molecule has 2 aromatic rings. The maximum atomic E-state index is 13.0. The normalized spacial score (nSPS) is 10.0. The van der Waals surface area contributed by atoms with Crippen molar-refractivity contribution in [2.75, 3.05) is 11.9 Å². The number of anilines is 1. The van der Waals surface area contributed by atoms with E-state index < -0.39 is 22.3 Å². The van der Waals surface area contributed by atoms with Gasteiger partial charge in [-0.25, -0.2) is 4.39 Å². The van der Waals surface area contributed by atoms with E-state index in [1.54, 1.807) is 24.3 Å². The Balaban J connectivity index is 1.90. The van der Waals surface area contributed by atoms with E-state index in [-0.39, 0.29) is 24.4 Å². The van der Waals surface area contributed by atoms with Crippen LogP contribution in [0.15, 0.2) is 48.5 Å². The molecule has 8 heteroatoms. The van der Waals surface area contributed by atoms with Crippen molar-refractivity contribution in [3.63, 3.8) is 0 Å². The lowest BCUT2D eigenvalue weighted by atomic mass is 10.1. The summed E-state index contributed by atoms with van der Waals surface area (Å²) in [7, 11) is 0. The van der Waals surface area contributed by atoms with Crippen LogP contribution in [0.2, 0.25) is 0 Å². The number of benzene rings is 2. The van der Waals surface area contributed by atoms with Crippen LogP contribution in [0.25, 0.3) is 0 Å². The number of nitrogens with one attached hydrogen (secondary N) is 2. The van der Waals surface area contributed by atoms with Gasteiger partial charge in [-0.1, -0.05) is 18.2 Å². The minimum absolute atomic E-state index is 0.00434. The molecular formula is C16H14FN3O4. The van der Waals surface area contributed by atoms with Gasteiger partial charge in [-0.15, -0.1) is 0 Å². The van der Waals surface area contributed by atoms with E-state index in [9.17, 15) is 24.1 Å². The Morgan fingerprint density at radius 3 is 2.50 bits per heavy atom. The fraction of sp³-hybridized carbons (Fsp3) is 0.125. The van der Waals surface area contributed by atoms with Gasteiger partial charge in [-0.05, 0) is 24.3 Å². The predicted molar refractivity (Wildman–Crippen MR) is 85.1 cm³/mol. The molecule has 0 heterocycles. The number of carbonyl (C=O) groups excluding carboxylic acids is 2. The lowest BCUT2D eigenvalue weighted by Crippen LogP contribution is -2.28. The van der Waals surface area contributed by atoms with Gasteiger partial charge in [-0.2, -0.15) is 0 Å². The first-order chi connectivity index (χ1) is 11.5. The van der Waals surface area contributed by atoms with Crippen LogP contribution in [0, 0.1) is 15.9 Å². The minimum atomic E-state index is -0.833. The predicted octanol–water partition coefficient (Wildman–Crippen LogP) is 2.49. The van der Waals surface area contributed by atoms with Gasteiger partial charge in [0.05, 0.1) is 11.0 Å². The van der Waals surface area contributed by atoms with E-state index >= 15 is 0 Å². The quantitative estimate of drug-likeness (QED) is 0.627. The van der Waals surface area contributed by atoms with Gasteiger partial charge in [0.15, 0.2) is 0 Å². The van der Waals surface area contributed by atoms with Crippen molar-refractivity contribution in [2.24, 2.45) is 0 Å². The molecule has 0 bridgehead atoms. The fourth-order valence-corrected chi connectivity index (χ4v) is 1.98. The maximum Gasteiger partial charge on any atom is 0.285 e. The number of rotatable bonds is 6. The number of hydrogen-bond acceptors (Lipinski definition) is 4. The molecule has 2 rings (SSSR count). The second-order valence-electron chi connectivity index (χ2n) is 4.84. The van der Waals surface area contributed by atoms with E-state index in [1.807, 2.05) is 6.07 Å². The summed E-state index contributed by atoms with van der Waals surface area (Å²) in [5.74, 6) is -1.86. The van der Waals surface area contributed by atoms with Crippen LogP contribution in [0.4, 0.5) is 15.8 Å². The van der Waals surface area contributed by atoms with Crippen LogP contribution in [0.5, 0.6) is 0 Å². The number of nitro benzene ring substituents is 1. The minimum Gasteiger partial charge on any atom is -0.351 e. The van der Waals surface area contributed by atoms with Crippen LogP contribution in [-0.2, 0) is 4.79 Å². The molecule has 0 fully saturated rings. The summed E-state index contributed by atoms with van der Waals surface area (Å²) < 4.78 is 13.0. The maximum absolute atomic E-state index is 13.0. The van der Waals surface area contributed by atoms with Crippen molar-refractivity contribution < 1.29 is 18.9 Å². The molecule has 0 radical (unpaired) electrons. The number of nitrogens with zero attached hydrogens (tertiary/aromatic N) is 1. The summed E-state index contributed by atoms with van der Waals surface area (Å²) in [6.45, 7) is -0.00791. The Morgan fingerprint density at radius 1 is 1.12 bits per heavy atom. The van der Waals surface area contributed by atoms with Crippen LogP contribution >= 0.6 is 0 Å². The second-order valence-corrected chi connectivity index (χ2v) is 4.84. The average molecular weight is 331 g/mol. The van der Waals surface area contributed by atoms with E-state index in [2.05, 4.69) is 10.6 Å². The SMILES string of the molecule is O=C(CCNC(=O)c1ccc(F)cc1[N+](=O)[O-])Nc1ccccc1. The zero-order chi connectivity index (χ0) is 17.5. The molecule has 0 saturated heterocycles. The van der Waals surface area contributed by atoms with Crippen molar-refractivity contribution in [1.82, 2.24) is 5.32 Å². The third kappa shape index (κ3) is 4.60. The third-order valence-electron chi connectivity index (χ3n) is 3.10. The van der Waals surface area contributed by atoms with Crippen molar-refractivity contribution in [1.29, 1.82) is 0 Å². The van der Waals surface area contributed by atoms with Gasteiger partial charge in [-0.3, -0.25) is 19.7 Å². The highest BCUT2D eigenvalue weighted by molar-refractivity contribution is 5.98. The monoisotopic (exact) mass is 331 g/mol. The van der Waals surface area contributed by atoms with Gasteiger partial charge < -0.3 is 10.6 Å². The average Bonchev–Trinajstić information content (AvgIpc) is 2.55. The molecule has 0 aromatic heterocycles. The zero-order valence-electron chi connectivity index (χ0n) is 12.5. The highest BCUT2D eigenvalue weighted by Gasteiger charge is 2.20. The Bertz CT molecular complexity index is 765. The van der Waals surface area contributed by atoms with Crippen molar-refractivity contribution in [3.8, 4) is 0 Å². The first kappa shape index (κ1) is 17.1. The van der Waals surface area contributed by atoms with Gasteiger partial charge in [0.2, 0.25) is 5.91 Å². The highest BCUT2D eigenvalue weighted by Crippen LogP contribution is 2.19. The summed E-state index contributed by atoms with van der Waals surface area (Å²) in [6.07, 6.45) is -0.00434. The van der Waals surface area contributed by atoms with Gasteiger partial charge in [0, 0.05) is 18.7 Å². The zero-order valence-corrected chi connectivity index (χ0v) is 12.5. The van der Waals surface area contributed by atoms with Crippen LogP contribution in [-0.4, -0.2) is 23.3 Å². The number of carbonyl (C=O) groups is 2. The number of hydrogen-bond donors (Lipinski definition) is 2. The van der Waals surface area contributed by atoms with Crippen LogP contribution in [0.1, 0.15) is 16.8 Å². The molecule has 0 aliphatic carbocycles. The standard InChI is InChI=1S/C16H14FN3O4/c17-11-6-7-13(14(10-11)20(23)24)16(22)18-9-8-15(21)19-12-4-2-1-3-5-12/h1-7,10H,8-9H2,(H,18,22)(H,19,21). The Hall–Kier alpha value is -3.29. The molecule has 0 saturated carbocycles. The molecular weight excluding hydrogens is 317 g/mol. The van der Waals surface area contributed by atoms with E-state index in [0.717, 1.165) is 12.1 Å². The summed E-state index contributed by atoms with van der Waals surface area (Å²) >= 11 is 0. The molecule has 0 atom stereocenters. The van der Waals surface area contributed by atoms with Crippen LogP contribution < -0.4 is 10.6 Å². The Labute approximate surface area is 136 Å². The Kier molecular flexibility index (Phi) is 5.56. The molecule has 24 heavy (non-hydrogen) atoms. The van der Waals surface area contributed by atoms with Crippen LogP contribution in [0.3, 0.4) is 0 Å². The molecule has 0 unspecified atom stereocenters. The van der Waals surface area contributed by atoms with E-state index in [0.29, 0.717) is 11.8 Å². The summed E-state index contributed by atoms with van der Waals surface area (Å²) in [5, 5.41) is 15.9. The Morgan fingerprint density at radius 2 is 1.83 bits per heavy atom. The fourth-order valence-electron chi connectivity index (χ4n) is 1.98. The molecule has 2 N–H and O–H groups in total. The molecule has 2 amide bonds. The topological polar surface area (TPSA) is 101 Å². The molecule has 2 aromatic carbocycles. The summed E-state index contributed by atoms with van der Waals surface area (Å²) in [4.78, 5) is 33.7. The number of amides is 2. The molecule has 0 spiro atoms. The largest absolute Gasteiger partial charge is 0.351 e. The third-order valence-corrected chi connectivity index (χ3v) is 3.10.